The van der Waals surface area contributed by atoms with Gasteiger partial charge in [-0.3, -0.25) is 4.79 Å². The first-order valence-corrected chi connectivity index (χ1v) is 6.82. The zero-order chi connectivity index (χ0) is 13.4. The van der Waals surface area contributed by atoms with Crippen molar-refractivity contribution in [3.63, 3.8) is 0 Å². The molecule has 0 aromatic heterocycles. The third kappa shape index (κ3) is 1.84. The Bertz CT molecular complexity index is 523. The van der Waals surface area contributed by atoms with Crippen LogP contribution in [0.4, 0.5) is 0 Å². The lowest BCUT2D eigenvalue weighted by atomic mass is 9.79. The van der Waals surface area contributed by atoms with Crippen LogP contribution in [0.25, 0.3) is 0 Å². The maximum atomic E-state index is 12.1. The minimum atomic E-state index is 0.255. The number of rotatable bonds is 3. The van der Waals surface area contributed by atoms with E-state index in [1.807, 2.05) is 23.1 Å². The molecule has 0 bridgehead atoms. The summed E-state index contributed by atoms with van der Waals surface area (Å²) in [6, 6.07) is 6.53. The minimum absolute atomic E-state index is 0.255. The summed E-state index contributed by atoms with van der Waals surface area (Å²) in [5.41, 5.74) is 2.59. The molecule has 2 atom stereocenters. The van der Waals surface area contributed by atoms with E-state index in [0.29, 0.717) is 24.9 Å². The number of fused-ring (bicyclic) bond motifs is 3. The van der Waals surface area contributed by atoms with E-state index < -0.39 is 0 Å². The van der Waals surface area contributed by atoms with Crippen LogP contribution in [0.1, 0.15) is 29.9 Å². The predicted octanol–water partition coefficient (Wildman–Crippen LogP) is 2.51. The number of carbonyl (C=O) groups excluding carboxylic acids is 1. The molecule has 19 heavy (non-hydrogen) atoms. The lowest BCUT2D eigenvalue weighted by molar-refractivity contribution is -0.128. The van der Waals surface area contributed by atoms with E-state index in [0.717, 1.165) is 18.6 Å². The van der Waals surface area contributed by atoms with Crippen molar-refractivity contribution in [3.05, 3.63) is 42.0 Å². The molecule has 1 heterocycles. The summed E-state index contributed by atoms with van der Waals surface area (Å²) in [5, 5.41) is 0. The third-order valence-corrected chi connectivity index (χ3v) is 4.38. The van der Waals surface area contributed by atoms with Crippen LogP contribution in [0.2, 0.25) is 0 Å². The molecule has 1 aliphatic carbocycles. The molecule has 1 fully saturated rings. The first kappa shape index (κ1) is 12.3. The van der Waals surface area contributed by atoms with Gasteiger partial charge in [0.2, 0.25) is 5.91 Å². The standard InChI is InChI=1S/C16H19NO2/c1-3-9-17-14-8-7-12-11(13(14)10-16(17)18)5-4-6-15(12)19-2/h3-6,13-14H,1,7-10H2,2H3/t13-,14-/m0/s1. The van der Waals surface area contributed by atoms with E-state index in [9.17, 15) is 4.79 Å². The van der Waals surface area contributed by atoms with Crippen LogP contribution in [-0.4, -0.2) is 30.5 Å². The molecule has 0 N–H and O–H groups in total. The number of nitrogens with zero attached hydrogens (tertiary/aromatic N) is 1. The summed E-state index contributed by atoms with van der Waals surface area (Å²) in [6.07, 6.45) is 4.46. The van der Waals surface area contributed by atoms with Gasteiger partial charge in [-0.2, -0.15) is 0 Å². The van der Waals surface area contributed by atoms with Gasteiger partial charge >= 0.3 is 0 Å². The van der Waals surface area contributed by atoms with E-state index in [4.69, 9.17) is 4.74 Å². The smallest absolute Gasteiger partial charge is 0.223 e. The zero-order valence-electron chi connectivity index (χ0n) is 11.3. The molecule has 1 aromatic carbocycles. The molecule has 100 valence electrons. The summed E-state index contributed by atoms with van der Waals surface area (Å²) in [4.78, 5) is 14.1. The van der Waals surface area contributed by atoms with Crippen LogP contribution in [0.15, 0.2) is 30.9 Å². The molecular formula is C16H19NO2. The monoisotopic (exact) mass is 257 g/mol. The van der Waals surface area contributed by atoms with Gasteiger partial charge in [-0.05, 0) is 30.0 Å². The first-order chi connectivity index (χ1) is 9.26. The predicted molar refractivity (Wildman–Crippen MR) is 74.4 cm³/mol. The summed E-state index contributed by atoms with van der Waals surface area (Å²) >= 11 is 0. The van der Waals surface area contributed by atoms with E-state index in [-0.39, 0.29) is 5.91 Å². The van der Waals surface area contributed by atoms with Crippen LogP contribution in [0.3, 0.4) is 0 Å². The number of likely N-dealkylation sites (tertiary alicyclic amines) is 1. The van der Waals surface area contributed by atoms with Gasteiger partial charge in [0.15, 0.2) is 0 Å². The second kappa shape index (κ2) is 4.72. The number of amides is 1. The van der Waals surface area contributed by atoms with E-state index in [1.54, 1.807) is 7.11 Å². The van der Waals surface area contributed by atoms with Gasteiger partial charge in [-0.1, -0.05) is 18.2 Å². The average Bonchev–Trinajstić information content (AvgIpc) is 2.75. The van der Waals surface area contributed by atoms with Gasteiger partial charge in [0.25, 0.3) is 0 Å². The molecule has 1 aromatic rings. The summed E-state index contributed by atoms with van der Waals surface area (Å²) in [6.45, 7) is 4.42. The van der Waals surface area contributed by atoms with Crippen molar-refractivity contribution in [2.75, 3.05) is 13.7 Å². The molecule has 0 saturated carbocycles. The molecule has 3 rings (SSSR count). The molecule has 1 aliphatic heterocycles. The van der Waals surface area contributed by atoms with Gasteiger partial charge in [0.1, 0.15) is 5.75 Å². The largest absolute Gasteiger partial charge is 0.496 e. The Balaban J connectivity index is 1.99. The molecule has 3 heteroatoms. The molecule has 2 aliphatic rings. The van der Waals surface area contributed by atoms with Crippen LogP contribution in [-0.2, 0) is 11.2 Å². The second-order valence-electron chi connectivity index (χ2n) is 5.28. The van der Waals surface area contributed by atoms with Crippen molar-refractivity contribution < 1.29 is 9.53 Å². The average molecular weight is 257 g/mol. The molecule has 1 saturated heterocycles. The lowest BCUT2D eigenvalue weighted by Crippen LogP contribution is -2.37. The summed E-state index contributed by atoms with van der Waals surface area (Å²) < 4.78 is 5.45. The maximum absolute atomic E-state index is 12.1. The fourth-order valence-electron chi connectivity index (χ4n) is 3.58. The maximum Gasteiger partial charge on any atom is 0.223 e. The van der Waals surface area contributed by atoms with Crippen molar-refractivity contribution in [1.29, 1.82) is 0 Å². The fraction of sp³-hybridized carbons (Fsp3) is 0.438. The highest BCUT2D eigenvalue weighted by molar-refractivity contribution is 5.81. The summed E-state index contributed by atoms with van der Waals surface area (Å²) in [7, 11) is 1.71. The van der Waals surface area contributed by atoms with Gasteiger partial charge in [0, 0.05) is 24.9 Å². The SMILES string of the molecule is C=CCN1C(=O)C[C@H]2c3cccc(OC)c3CC[C@@H]21. The van der Waals surface area contributed by atoms with Crippen LogP contribution in [0, 0.1) is 0 Å². The normalized spacial score (nSPS) is 24.9. The van der Waals surface area contributed by atoms with Gasteiger partial charge in [-0.15, -0.1) is 6.58 Å². The van der Waals surface area contributed by atoms with Gasteiger partial charge in [0.05, 0.1) is 7.11 Å². The Morgan fingerprint density at radius 2 is 2.37 bits per heavy atom. The molecular weight excluding hydrogens is 238 g/mol. The Kier molecular flexibility index (Phi) is 3.05. The van der Waals surface area contributed by atoms with E-state index in [2.05, 4.69) is 12.6 Å². The van der Waals surface area contributed by atoms with Crippen molar-refractivity contribution in [3.8, 4) is 5.75 Å². The molecule has 0 unspecified atom stereocenters. The third-order valence-electron chi connectivity index (χ3n) is 4.38. The first-order valence-electron chi connectivity index (χ1n) is 6.82. The Hall–Kier alpha value is -1.77. The zero-order valence-corrected chi connectivity index (χ0v) is 11.3. The minimum Gasteiger partial charge on any atom is -0.496 e. The molecule has 0 radical (unpaired) electrons. The molecule has 3 nitrogen and oxygen atoms in total. The van der Waals surface area contributed by atoms with Crippen molar-refractivity contribution in [1.82, 2.24) is 4.90 Å². The number of hydrogen-bond donors (Lipinski definition) is 0. The highest BCUT2D eigenvalue weighted by atomic mass is 16.5. The quantitative estimate of drug-likeness (QED) is 0.779. The topological polar surface area (TPSA) is 29.5 Å². The van der Waals surface area contributed by atoms with Crippen molar-refractivity contribution >= 4 is 5.91 Å². The highest BCUT2D eigenvalue weighted by Gasteiger charge is 2.43. The van der Waals surface area contributed by atoms with Crippen LogP contribution < -0.4 is 4.74 Å². The van der Waals surface area contributed by atoms with Crippen molar-refractivity contribution in [2.24, 2.45) is 0 Å². The van der Waals surface area contributed by atoms with Crippen LogP contribution >= 0.6 is 0 Å². The Labute approximate surface area is 113 Å². The lowest BCUT2D eigenvalue weighted by Gasteiger charge is -2.33. The second-order valence-corrected chi connectivity index (χ2v) is 5.28. The number of carbonyl (C=O) groups is 1. The summed E-state index contributed by atoms with van der Waals surface area (Å²) in [5.74, 6) is 1.54. The van der Waals surface area contributed by atoms with Crippen molar-refractivity contribution in [2.45, 2.75) is 31.2 Å². The number of benzene rings is 1. The fourth-order valence-corrected chi connectivity index (χ4v) is 3.58. The van der Waals surface area contributed by atoms with E-state index >= 15 is 0 Å². The number of ether oxygens (including phenoxy) is 1. The molecule has 0 spiro atoms. The van der Waals surface area contributed by atoms with Gasteiger partial charge in [-0.25, -0.2) is 0 Å². The Morgan fingerprint density at radius 1 is 1.53 bits per heavy atom. The van der Waals surface area contributed by atoms with Crippen LogP contribution in [0.5, 0.6) is 5.75 Å². The van der Waals surface area contributed by atoms with E-state index in [1.165, 1.54) is 11.1 Å². The Morgan fingerprint density at radius 3 is 3.11 bits per heavy atom. The highest BCUT2D eigenvalue weighted by Crippen LogP contribution is 2.44. The number of methoxy groups -OCH3 is 1. The number of hydrogen-bond acceptors (Lipinski definition) is 2. The van der Waals surface area contributed by atoms with Gasteiger partial charge < -0.3 is 9.64 Å². The molecule has 1 amide bonds.